The molecule has 2 rings (SSSR count). The van der Waals surface area contributed by atoms with Gasteiger partial charge in [-0.25, -0.2) is 13.1 Å². The van der Waals surface area contributed by atoms with E-state index in [1.54, 1.807) is 6.07 Å². The van der Waals surface area contributed by atoms with Gasteiger partial charge in [0.2, 0.25) is 10.0 Å². The van der Waals surface area contributed by atoms with Gasteiger partial charge in [0.1, 0.15) is 4.90 Å². The van der Waals surface area contributed by atoms with Crippen LogP contribution >= 0.6 is 11.6 Å². The summed E-state index contributed by atoms with van der Waals surface area (Å²) < 4.78 is 32.7. The van der Waals surface area contributed by atoms with Gasteiger partial charge in [0.25, 0.3) is 0 Å². The lowest BCUT2D eigenvalue weighted by atomic mass is 9.94. The first-order chi connectivity index (χ1) is 8.82. The Morgan fingerprint density at radius 2 is 2.00 bits per heavy atom. The van der Waals surface area contributed by atoms with Crippen LogP contribution in [0.3, 0.4) is 0 Å². The van der Waals surface area contributed by atoms with E-state index in [0.717, 1.165) is 0 Å². The van der Waals surface area contributed by atoms with Gasteiger partial charge < -0.3 is 10.5 Å². The predicted molar refractivity (Wildman–Crippen MR) is 74.6 cm³/mol. The van der Waals surface area contributed by atoms with Gasteiger partial charge in [-0.05, 0) is 38.0 Å². The lowest BCUT2D eigenvalue weighted by Gasteiger charge is -2.34. The molecule has 1 aliphatic rings. The van der Waals surface area contributed by atoms with Crippen molar-refractivity contribution in [1.29, 1.82) is 0 Å². The van der Waals surface area contributed by atoms with Gasteiger partial charge in [-0.15, -0.1) is 0 Å². The number of nitrogen functional groups attached to an aromatic ring is 1. The fourth-order valence-corrected chi connectivity index (χ4v) is 3.90. The average Bonchev–Trinajstić information content (AvgIpc) is 2.31. The van der Waals surface area contributed by atoms with Crippen LogP contribution in [0.25, 0.3) is 0 Å². The Morgan fingerprint density at radius 3 is 2.63 bits per heavy atom. The summed E-state index contributed by atoms with van der Waals surface area (Å²) in [4.78, 5) is 0.0210. The molecule has 1 saturated heterocycles. The van der Waals surface area contributed by atoms with Crippen LogP contribution in [0.15, 0.2) is 23.1 Å². The van der Waals surface area contributed by atoms with Crippen molar-refractivity contribution in [3.63, 3.8) is 0 Å². The van der Waals surface area contributed by atoms with Crippen LogP contribution in [-0.2, 0) is 14.8 Å². The summed E-state index contributed by atoms with van der Waals surface area (Å²) in [6.45, 7) is 2.96. The Morgan fingerprint density at radius 1 is 1.37 bits per heavy atom. The quantitative estimate of drug-likeness (QED) is 0.834. The Balaban J connectivity index is 2.29. The highest BCUT2D eigenvalue weighted by Crippen LogP contribution is 2.27. The molecule has 3 N–H and O–H groups in total. The molecule has 19 heavy (non-hydrogen) atoms. The van der Waals surface area contributed by atoms with Gasteiger partial charge in [0.15, 0.2) is 0 Å². The monoisotopic (exact) mass is 304 g/mol. The van der Waals surface area contributed by atoms with Crippen molar-refractivity contribution in [2.75, 3.05) is 18.9 Å². The molecule has 0 aliphatic carbocycles. The summed E-state index contributed by atoms with van der Waals surface area (Å²) in [6, 6.07) is 4.41. The fraction of sp³-hybridized carbons (Fsp3) is 0.500. The number of nitrogens with one attached hydrogen (secondary N) is 1. The molecule has 1 aliphatic heterocycles. The van der Waals surface area contributed by atoms with Crippen LogP contribution in [0, 0.1) is 0 Å². The standard InChI is InChI=1S/C12H17ClN2O3S/c1-12(4-6-18-7-5-12)15-19(16,17)11-8-9(13)2-3-10(11)14/h2-3,8,15H,4-7,14H2,1H3. The van der Waals surface area contributed by atoms with E-state index in [9.17, 15) is 8.42 Å². The summed E-state index contributed by atoms with van der Waals surface area (Å²) >= 11 is 5.83. The Kier molecular flexibility index (Phi) is 4.06. The van der Waals surface area contributed by atoms with Crippen molar-refractivity contribution in [3.05, 3.63) is 23.2 Å². The average molecular weight is 305 g/mol. The van der Waals surface area contributed by atoms with Crippen LogP contribution < -0.4 is 10.5 Å². The molecular formula is C12H17ClN2O3S. The third kappa shape index (κ3) is 3.39. The first kappa shape index (κ1) is 14.6. The number of rotatable bonds is 3. The lowest BCUT2D eigenvalue weighted by Crippen LogP contribution is -2.49. The van der Waals surface area contributed by atoms with Crippen LogP contribution in [0.1, 0.15) is 19.8 Å². The SMILES string of the molecule is CC1(NS(=O)(=O)c2cc(Cl)ccc2N)CCOCC1. The Hall–Kier alpha value is -0.820. The first-order valence-electron chi connectivity index (χ1n) is 5.99. The van der Waals surface area contributed by atoms with Crippen LogP contribution in [0.2, 0.25) is 5.02 Å². The molecule has 0 radical (unpaired) electrons. The van der Waals surface area contributed by atoms with E-state index >= 15 is 0 Å². The number of halogens is 1. The van der Waals surface area contributed by atoms with Gasteiger partial charge in [-0.1, -0.05) is 11.6 Å². The van der Waals surface area contributed by atoms with Gasteiger partial charge in [0, 0.05) is 23.8 Å². The van der Waals surface area contributed by atoms with Crippen molar-refractivity contribution in [1.82, 2.24) is 4.72 Å². The van der Waals surface area contributed by atoms with E-state index in [2.05, 4.69) is 4.72 Å². The highest BCUT2D eigenvalue weighted by Gasteiger charge is 2.33. The normalized spacial score (nSPS) is 19.3. The van der Waals surface area contributed by atoms with E-state index in [-0.39, 0.29) is 10.6 Å². The predicted octanol–water partition coefficient (Wildman–Crippen LogP) is 1.77. The highest BCUT2D eigenvalue weighted by molar-refractivity contribution is 7.89. The van der Waals surface area contributed by atoms with E-state index in [4.69, 9.17) is 22.1 Å². The smallest absolute Gasteiger partial charge is 0.243 e. The number of hydrogen-bond donors (Lipinski definition) is 2. The topological polar surface area (TPSA) is 81.4 Å². The third-order valence-electron chi connectivity index (χ3n) is 3.24. The first-order valence-corrected chi connectivity index (χ1v) is 7.85. The molecule has 7 heteroatoms. The molecule has 0 unspecified atom stereocenters. The molecule has 0 saturated carbocycles. The number of benzene rings is 1. The molecule has 106 valence electrons. The van der Waals surface area contributed by atoms with E-state index in [0.29, 0.717) is 31.1 Å². The Labute approximate surface area is 118 Å². The summed E-state index contributed by atoms with van der Waals surface area (Å²) in [5.41, 5.74) is 5.40. The van der Waals surface area contributed by atoms with Gasteiger partial charge in [-0.2, -0.15) is 0 Å². The zero-order valence-corrected chi connectivity index (χ0v) is 12.2. The largest absolute Gasteiger partial charge is 0.398 e. The molecule has 1 heterocycles. The highest BCUT2D eigenvalue weighted by atomic mass is 35.5. The van der Waals surface area contributed by atoms with E-state index < -0.39 is 15.6 Å². The van der Waals surface area contributed by atoms with Gasteiger partial charge in [0.05, 0.1) is 5.69 Å². The summed E-state index contributed by atoms with van der Waals surface area (Å²) in [5, 5.41) is 0.340. The number of anilines is 1. The molecule has 5 nitrogen and oxygen atoms in total. The maximum Gasteiger partial charge on any atom is 0.243 e. The van der Waals surface area contributed by atoms with Crippen molar-refractivity contribution in [2.45, 2.75) is 30.2 Å². The van der Waals surface area contributed by atoms with Crippen LogP contribution in [0.5, 0.6) is 0 Å². The zero-order valence-electron chi connectivity index (χ0n) is 10.6. The fourth-order valence-electron chi connectivity index (χ4n) is 2.04. The third-order valence-corrected chi connectivity index (χ3v) is 5.17. The second kappa shape index (κ2) is 5.28. The number of sulfonamides is 1. The van der Waals surface area contributed by atoms with Crippen molar-refractivity contribution < 1.29 is 13.2 Å². The number of ether oxygens (including phenoxy) is 1. The van der Waals surface area contributed by atoms with Gasteiger partial charge in [-0.3, -0.25) is 0 Å². The molecule has 1 aromatic rings. The summed E-state index contributed by atoms with van der Waals surface area (Å²) in [6.07, 6.45) is 1.26. The minimum absolute atomic E-state index is 0.0210. The van der Waals surface area contributed by atoms with Crippen molar-refractivity contribution in [2.24, 2.45) is 0 Å². The van der Waals surface area contributed by atoms with Crippen LogP contribution in [-0.4, -0.2) is 27.2 Å². The Bertz CT molecular complexity index is 568. The van der Waals surface area contributed by atoms with E-state index in [1.165, 1.54) is 12.1 Å². The molecule has 1 aromatic carbocycles. The molecule has 0 spiro atoms. The summed E-state index contributed by atoms with van der Waals surface area (Å²) in [7, 11) is -3.69. The molecular weight excluding hydrogens is 288 g/mol. The number of nitrogens with two attached hydrogens (primary N) is 1. The van der Waals surface area contributed by atoms with E-state index in [1.807, 2.05) is 6.92 Å². The maximum atomic E-state index is 12.4. The minimum atomic E-state index is -3.69. The second-order valence-corrected chi connectivity index (χ2v) is 7.05. The van der Waals surface area contributed by atoms with Crippen molar-refractivity contribution >= 4 is 27.3 Å². The molecule has 0 atom stereocenters. The maximum absolute atomic E-state index is 12.4. The molecule has 1 fully saturated rings. The number of hydrogen-bond acceptors (Lipinski definition) is 4. The minimum Gasteiger partial charge on any atom is -0.398 e. The van der Waals surface area contributed by atoms with Crippen molar-refractivity contribution in [3.8, 4) is 0 Å². The molecule has 0 amide bonds. The molecule has 0 bridgehead atoms. The van der Waals surface area contributed by atoms with Crippen LogP contribution in [0.4, 0.5) is 5.69 Å². The molecule has 0 aromatic heterocycles. The lowest BCUT2D eigenvalue weighted by molar-refractivity contribution is 0.0537. The second-order valence-electron chi connectivity index (χ2n) is 4.96. The zero-order chi connectivity index (χ0) is 14.1. The summed E-state index contributed by atoms with van der Waals surface area (Å²) in [5.74, 6) is 0. The van der Waals surface area contributed by atoms with Gasteiger partial charge >= 0.3 is 0 Å².